The van der Waals surface area contributed by atoms with Gasteiger partial charge in [0, 0.05) is 21.9 Å². The Hall–Kier alpha value is -3.64. The standard InChI is InChI=1S/C18H16N8O7S3/c1-25-18(22-12(28)13(29)23-25)36-4-6-3-34-15-9(14(30)26(15)10(6)16(31)32)21-11(27)8(24-33-2)7-5-35-17(19)20-7/h5,9,15H,3-4H2,1-2H3,(H3-,19,20,21,27,31,32)/p+1/t9-,15-/m1/s1. The van der Waals surface area contributed by atoms with Gasteiger partial charge in [-0.15, -0.1) is 27.8 Å². The molecule has 0 radical (unpaired) electrons. The molecule has 0 aliphatic carbocycles. The highest BCUT2D eigenvalue weighted by atomic mass is 32.2. The maximum absolute atomic E-state index is 12.9. The number of carboxylic acids is 1. The second kappa shape index (κ2) is 10.2. The number of thiazole rings is 1. The molecule has 4 N–H and O–H groups in total. The number of anilines is 1. The molecule has 0 saturated carbocycles. The number of carboxylic acid groups (broad SMARTS) is 1. The summed E-state index contributed by atoms with van der Waals surface area (Å²) in [7, 11) is 2.68. The summed E-state index contributed by atoms with van der Waals surface area (Å²) in [6, 6.07) is -1.000. The first-order valence-electron chi connectivity index (χ1n) is 9.91. The van der Waals surface area contributed by atoms with E-state index >= 15 is 0 Å². The molecule has 15 nitrogen and oxygen atoms in total. The summed E-state index contributed by atoms with van der Waals surface area (Å²) < 4.78 is 1.13. The molecular formula is C18H17N8O7S3+. The van der Waals surface area contributed by atoms with E-state index in [-0.39, 0.29) is 38.9 Å². The summed E-state index contributed by atoms with van der Waals surface area (Å²) in [5, 5.41) is 20.8. The van der Waals surface area contributed by atoms with Crippen LogP contribution < -0.4 is 11.1 Å². The third-order valence-corrected chi connectivity index (χ3v) is 8.09. The van der Waals surface area contributed by atoms with Gasteiger partial charge in [0.25, 0.3) is 11.8 Å². The smallest absolute Gasteiger partial charge is 0.446 e. The van der Waals surface area contributed by atoms with Gasteiger partial charge in [-0.1, -0.05) is 5.16 Å². The molecule has 1 aromatic heterocycles. The topological polar surface area (TPSA) is 209 Å². The van der Waals surface area contributed by atoms with Crippen LogP contribution in [0.1, 0.15) is 5.69 Å². The van der Waals surface area contributed by atoms with Crippen molar-refractivity contribution in [2.75, 3.05) is 31.4 Å². The minimum absolute atomic E-state index is 0.0816. The molecule has 4 heterocycles. The molecule has 4 amide bonds. The van der Waals surface area contributed by atoms with Gasteiger partial charge >= 0.3 is 23.0 Å². The number of fused-ring (bicyclic) bond motifs is 1. The maximum Gasteiger partial charge on any atom is 0.446 e. The number of aliphatic imine (C=N–C) groups is 1. The van der Waals surface area contributed by atoms with Crippen LogP contribution in [-0.4, -0.2) is 97.2 Å². The van der Waals surface area contributed by atoms with Gasteiger partial charge in [-0.05, 0) is 22.4 Å². The van der Waals surface area contributed by atoms with Crippen LogP contribution in [0.15, 0.2) is 31.9 Å². The van der Waals surface area contributed by atoms with E-state index in [0.29, 0.717) is 5.57 Å². The first-order valence-corrected chi connectivity index (χ1v) is 12.8. The fourth-order valence-corrected chi connectivity index (χ4v) is 6.34. The Morgan fingerprint density at radius 3 is 2.78 bits per heavy atom. The number of nitrogens with two attached hydrogens (primary N) is 1. The van der Waals surface area contributed by atoms with Crippen molar-refractivity contribution in [3.05, 3.63) is 22.3 Å². The van der Waals surface area contributed by atoms with Crippen molar-refractivity contribution in [2.24, 2.45) is 15.3 Å². The number of carbonyl (C=O) groups excluding carboxylic acids is 4. The number of hydrogen-bond acceptors (Lipinski definition) is 12. The number of aromatic nitrogens is 1. The lowest BCUT2D eigenvalue weighted by Crippen LogP contribution is -2.71. The molecule has 1 fully saturated rings. The quantitative estimate of drug-likeness (QED) is 0.123. The molecule has 0 spiro atoms. The second-order valence-electron chi connectivity index (χ2n) is 7.23. The zero-order chi connectivity index (χ0) is 26.1. The average molecular weight is 554 g/mol. The Morgan fingerprint density at radius 1 is 1.39 bits per heavy atom. The normalized spacial score (nSPS) is 22.0. The zero-order valence-corrected chi connectivity index (χ0v) is 21.0. The number of rotatable bonds is 7. The second-order valence-corrected chi connectivity index (χ2v) is 10.2. The van der Waals surface area contributed by atoms with Crippen molar-refractivity contribution in [1.29, 1.82) is 0 Å². The number of amides is 4. The molecule has 0 bridgehead atoms. The number of β-lactam (4-membered cyclic amide) rings is 1. The average Bonchev–Trinajstić information content (AvgIpc) is 3.27. The van der Waals surface area contributed by atoms with Crippen LogP contribution in [0.2, 0.25) is 0 Å². The van der Waals surface area contributed by atoms with Crippen molar-refractivity contribution < 1.29 is 38.6 Å². The molecule has 0 unspecified atom stereocenters. The van der Waals surface area contributed by atoms with Crippen molar-refractivity contribution in [3.8, 4) is 0 Å². The lowest BCUT2D eigenvalue weighted by molar-refractivity contribution is -0.440. The number of oxime groups is 1. The molecule has 4 rings (SSSR count). The van der Waals surface area contributed by atoms with Crippen LogP contribution in [-0.2, 0) is 28.8 Å². The zero-order valence-electron chi connectivity index (χ0n) is 18.5. The molecule has 1 aromatic rings. The van der Waals surface area contributed by atoms with Crippen LogP contribution in [0, 0.1) is 0 Å². The molecule has 2 atom stereocenters. The summed E-state index contributed by atoms with van der Waals surface area (Å²) in [4.78, 5) is 74.1. The Balaban J connectivity index is 1.49. The molecule has 188 valence electrons. The van der Waals surface area contributed by atoms with Gasteiger partial charge in [0.15, 0.2) is 10.8 Å². The third-order valence-electron chi connectivity index (χ3n) is 4.97. The Labute approximate surface area is 214 Å². The van der Waals surface area contributed by atoms with E-state index in [1.807, 2.05) is 0 Å². The first kappa shape index (κ1) is 25.5. The summed E-state index contributed by atoms with van der Waals surface area (Å²) in [5.41, 5.74) is 5.81. The van der Waals surface area contributed by atoms with Gasteiger partial charge in [0.1, 0.15) is 37.0 Å². The van der Waals surface area contributed by atoms with Gasteiger partial charge in [-0.2, -0.15) is 0 Å². The lowest BCUT2D eigenvalue weighted by Gasteiger charge is -2.49. The highest BCUT2D eigenvalue weighted by molar-refractivity contribution is 8.13. The van der Waals surface area contributed by atoms with Gasteiger partial charge in [-0.25, -0.2) is 14.6 Å². The number of nitrogen functional groups attached to an aromatic ring is 1. The van der Waals surface area contributed by atoms with Crippen molar-refractivity contribution in [1.82, 2.24) is 15.2 Å². The van der Waals surface area contributed by atoms with E-state index in [2.05, 4.69) is 25.6 Å². The van der Waals surface area contributed by atoms with E-state index in [1.165, 1.54) is 31.3 Å². The Kier molecular flexibility index (Phi) is 7.18. The SMILES string of the molecule is CON=C(C(=O)N[C@@H]1C(=O)N2C(C(=O)O)=C(CSC3=NC(=O)C(=O)N=[N+]3C)CS[C@H]12)c1csc(N)n1. The minimum Gasteiger partial charge on any atom is -0.477 e. The van der Waals surface area contributed by atoms with E-state index in [0.717, 1.165) is 32.7 Å². The number of amidine groups is 1. The highest BCUT2D eigenvalue weighted by Gasteiger charge is 2.54. The fraction of sp³-hybridized carbons (Fsp3) is 0.333. The number of nitrogens with one attached hydrogen (secondary N) is 1. The van der Waals surface area contributed by atoms with Gasteiger partial charge in [0.05, 0.1) is 0 Å². The monoisotopic (exact) mass is 553 g/mol. The van der Waals surface area contributed by atoms with Crippen LogP contribution in [0.5, 0.6) is 0 Å². The van der Waals surface area contributed by atoms with Crippen LogP contribution >= 0.6 is 34.9 Å². The van der Waals surface area contributed by atoms with Gasteiger partial charge < -0.3 is 21.0 Å². The molecule has 1 saturated heterocycles. The van der Waals surface area contributed by atoms with Crippen LogP contribution in [0.25, 0.3) is 0 Å². The van der Waals surface area contributed by atoms with Crippen LogP contribution in [0.4, 0.5) is 5.13 Å². The number of hydrogen-bond donors (Lipinski definition) is 3. The molecule has 36 heavy (non-hydrogen) atoms. The minimum atomic E-state index is -1.32. The first-order chi connectivity index (χ1) is 17.1. The van der Waals surface area contributed by atoms with Crippen molar-refractivity contribution >= 4 is 80.5 Å². The number of azo groups is 2. The Morgan fingerprint density at radius 2 is 2.14 bits per heavy atom. The highest BCUT2D eigenvalue weighted by Crippen LogP contribution is 2.41. The van der Waals surface area contributed by atoms with E-state index < -0.39 is 41.0 Å². The lowest BCUT2D eigenvalue weighted by atomic mass is 10.0. The predicted molar refractivity (Wildman–Crippen MR) is 128 cm³/mol. The molecule has 3 aliphatic rings. The Bertz CT molecular complexity index is 1320. The maximum atomic E-state index is 12.9. The van der Waals surface area contributed by atoms with Crippen LogP contribution in [0.3, 0.4) is 0 Å². The number of carbonyl (C=O) groups is 5. The molecule has 3 aliphatic heterocycles. The predicted octanol–water partition coefficient (Wildman–Crippen LogP) is -0.935. The number of aliphatic carboxylic acids is 1. The number of thioether (sulfide) groups is 2. The van der Waals surface area contributed by atoms with E-state index in [4.69, 9.17) is 10.6 Å². The number of nitrogens with zero attached hydrogens (tertiary/aromatic N) is 6. The van der Waals surface area contributed by atoms with E-state index in [9.17, 15) is 29.1 Å². The summed E-state index contributed by atoms with van der Waals surface area (Å²) in [6.45, 7) is 0. The summed E-state index contributed by atoms with van der Waals surface area (Å²) in [6.07, 6.45) is 0. The van der Waals surface area contributed by atoms with E-state index in [1.54, 1.807) is 0 Å². The molecule has 18 heteroatoms. The molecular weight excluding hydrogens is 536 g/mol. The van der Waals surface area contributed by atoms with Gasteiger partial charge in [0.2, 0.25) is 0 Å². The third kappa shape index (κ3) is 4.73. The summed E-state index contributed by atoms with van der Waals surface area (Å²) in [5.74, 6) is -4.37. The van der Waals surface area contributed by atoms with Gasteiger partial charge in [-0.3, -0.25) is 19.3 Å². The largest absolute Gasteiger partial charge is 0.477 e. The van der Waals surface area contributed by atoms with Crippen molar-refractivity contribution in [2.45, 2.75) is 11.4 Å². The fourth-order valence-electron chi connectivity index (χ4n) is 3.40. The van der Waals surface area contributed by atoms with Crippen molar-refractivity contribution in [3.63, 3.8) is 0 Å². The molecule has 0 aromatic carbocycles. The summed E-state index contributed by atoms with van der Waals surface area (Å²) >= 11 is 3.37.